The van der Waals surface area contributed by atoms with Gasteiger partial charge in [-0.3, -0.25) is 9.59 Å². The van der Waals surface area contributed by atoms with E-state index < -0.39 is 64.9 Å². The molecule has 4 aliphatic rings. The standard InChI is InChI=1S/C30H32ClFN4O9S/c1-12-21-19(13(2)37)27(39)36(21)24(29(42)43)26(12)46-8-7-45-30(44)33-14-5-6-34(10-14)23-18(32)9-16-22(20(23)31)35(15-3-4-15)11-17(25(16)38)28(40)41/h9,11-15,19,21,37H,3-8,10H2,1-2H3,(H,33,44)(H,40,41)(H,42,43)/t12?,13-,14?,19+,21+/m1/s1. The van der Waals surface area contributed by atoms with Gasteiger partial charge < -0.3 is 39.7 Å². The van der Waals surface area contributed by atoms with Crippen LogP contribution in [0.5, 0.6) is 0 Å². The number of amides is 2. The van der Waals surface area contributed by atoms with Crippen LogP contribution in [0.2, 0.25) is 5.02 Å². The van der Waals surface area contributed by atoms with Gasteiger partial charge in [-0.25, -0.2) is 18.8 Å². The van der Waals surface area contributed by atoms with Gasteiger partial charge in [0.05, 0.1) is 45.7 Å². The number of alkyl carbamates (subject to hydrolysis) is 1. The Morgan fingerprint density at radius 1 is 1.20 bits per heavy atom. The molecule has 1 aromatic carbocycles. The highest BCUT2D eigenvalue weighted by Crippen LogP contribution is 2.50. The summed E-state index contributed by atoms with van der Waals surface area (Å²) >= 11 is 7.90. The van der Waals surface area contributed by atoms with Crippen molar-refractivity contribution in [1.29, 1.82) is 0 Å². The molecule has 246 valence electrons. The number of rotatable bonds is 10. The Balaban J connectivity index is 1.08. The molecule has 2 amide bonds. The summed E-state index contributed by atoms with van der Waals surface area (Å²) in [5.41, 5.74) is -1.03. The fourth-order valence-corrected chi connectivity index (χ4v) is 8.33. The van der Waals surface area contributed by atoms with E-state index in [-0.39, 0.29) is 58.2 Å². The Labute approximate surface area is 270 Å². The number of hydrogen-bond donors (Lipinski definition) is 4. The number of aliphatic hydroxyl groups is 1. The quantitative estimate of drug-likeness (QED) is 0.214. The molecule has 0 bridgehead atoms. The minimum atomic E-state index is -1.40. The van der Waals surface area contributed by atoms with Gasteiger partial charge in [0.2, 0.25) is 11.3 Å². The number of halogens is 2. The van der Waals surface area contributed by atoms with Gasteiger partial charge in [-0.15, -0.1) is 11.8 Å². The lowest BCUT2D eigenvalue weighted by atomic mass is 9.79. The maximum absolute atomic E-state index is 15.4. The van der Waals surface area contributed by atoms with Crippen LogP contribution in [0.4, 0.5) is 14.9 Å². The number of carboxylic acid groups (broad SMARTS) is 2. The Bertz CT molecular complexity index is 1760. The first kappa shape index (κ1) is 32.1. The van der Waals surface area contributed by atoms with Crippen molar-refractivity contribution in [3.8, 4) is 0 Å². The number of pyridine rings is 1. The number of hydrogen-bond acceptors (Lipinski definition) is 9. The van der Waals surface area contributed by atoms with Crippen molar-refractivity contribution in [3.05, 3.63) is 49.5 Å². The zero-order valence-corrected chi connectivity index (χ0v) is 26.4. The maximum atomic E-state index is 15.4. The van der Waals surface area contributed by atoms with E-state index in [9.17, 15) is 39.3 Å². The maximum Gasteiger partial charge on any atom is 0.407 e. The van der Waals surface area contributed by atoms with Gasteiger partial charge in [0.1, 0.15) is 23.7 Å². The first-order chi connectivity index (χ1) is 21.8. The number of nitrogens with zero attached hydrogens (tertiary/aromatic N) is 3. The van der Waals surface area contributed by atoms with Crippen LogP contribution in [0.15, 0.2) is 27.7 Å². The molecule has 1 saturated carbocycles. The molecule has 0 spiro atoms. The second kappa shape index (κ2) is 12.1. The lowest BCUT2D eigenvalue weighted by Crippen LogP contribution is -2.63. The van der Waals surface area contributed by atoms with Crippen LogP contribution < -0.4 is 15.6 Å². The van der Waals surface area contributed by atoms with Gasteiger partial charge in [0, 0.05) is 41.9 Å². The fourth-order valence-electron chi connectivity index (χ4n) is 6.81. The molecule has 16 heteroatoms. The van der Waals surface area contributed by atoms with E-state index in [1.54, 1.807) is 16.4 Å². The molecular weight excluding hydrogens is 647 g/mol. The van der Waals surface area contributed by atoms with Crippen LogP contribution in [0.25, 0.3) is 10.9 Å². The minimum Gasteiger partial charge on any atom is -0.477 e. The van der Waals surface area contributed by atoms with Crippen molar-refractivity contribution in [2.75, 3.05) is 30.3 Å². The van der Waals surface area contributed by atoms with Crippen molar-refractivity contribution in [2.45, 2.75) is 57.3 Å². The Morgan fingerprint density at radius 2 is 1.91 bits per heavy atom. The molecule has 46 heavy (non-hydrogen) atoms. The SMILES string of the molecule is CC1C(SCCOC(=O)NC2CCN(c3c(F)cc4c(=O)c(C(=O)O)cn(C5CC5)c4c3Cl)C2)=C(C(=O)O)N2C(=O)[C@@H]([C@@H](C)O)[C@H]12. The number of benzene rings is 1. The minimum absolute atomic E-state index is 0.00130. The lowest BCUT2D eigenvalue weighted by Gasteiger charge is -2.46. The molecule has 13 nitrogen and oxygen atoms in total. The van der Waals surface area contributed by atoms with Crippen LogP contribution in [0.3, 0.4) is 0 Å². The molecule has 3 fully saturated rings. The van der Waals surface area contributed by atoms with Gasteiger partial charge >= 0.3 is 18.0 Å². The highest BCUT2D eigenvalue weighted by Gasteiger charge is 2.60. The normalized spacial score (nSPS) is 24.7. The molecule has 1 aromatic heterocycles. The summed E-state index contributed by atoms with van der Waals surface area (Å²) < 4.78 is 22.4. The Hall–Kier alpha value is -3.82. The number of carboxylic acids is 2. The predicted octanol–water partition coefficient (Wildman–Crippen LogP) is 3.02. The van der Waals surface area contributed by atoms with Gasteiger partial charge in [-0.1, -0.05) is 18.5 Å². The van der Waals surface area contributed by atoms with E-state index in [0.717, 1.165) is 18.9 Å². The number of ether oxygens (including phenoxy) is 1. The Kier molecular flexibility index (Phi) is 8.44. The lowest BCUT2D eigenvalue weighted by molar-refractivity contribution is -0.163. The molecule has 4 N–H and O–H groups in total. The third kappa shape index (κ3) is 5.37. The smallest absolute Gasteiger partial charge is 0.407 e. The molecular formula is C30H32ClFN4O9S. The van der Waals surface area contributed by atoms with Gasteiger partial charge in [0.15, 0.2) is 0 Å². The second-order valence-electron chi connectivity index (χ2n) is 12.1. The summed E-state index contributed by atoms with van der Waals surface area (Å²) in [6, 6.07) is 0.142. The zero-order chi connectivity index (χ0) is 33.2. The monoisotopic (exact) mass is 678 g/mol. The third-order valence-corrected chi connectivity index (χ3v) is 10.7. The summed E-state index contributed by atoms with van der Waals surface area (Å²) in [6.45, 7) is 3.82. The van der Waals surface area contributed by atoms with Gasteiger partial charge in [0.25, 0.3) is 0 Å². The predicted molar refractivity (Wildman–Crippen MR) is 166 cm³/mol. The van der Waals surface area contributed by atoms with Crippen LogP contribution in [-0.4, -0.2) is 92.4 Å². The van der Waals surface area contributed by atoms with Crippen LogP contribution in [0, 0.1) is 17.7 Å². The van der Waals surface area contributed by atoms with Crippen molar-refractivity contribution >= 4 is 63.9 Å². The van der Waals surface area contributed by atoms with Gasteiger partial charge in [-0.05, 0) is 32.3 Å². The summed E-state index contributed by atoms with van der Waals surface area (Å²) in [6.07, 6.45) is 1.65. The molecule has 2 unspecified atom stereocenters. The van der Waals surface area contributed by atoms with Crippen LogP contribution >= 0.6 is 23.4 Å². The molecule has 4 heterocycles. The van der Waals surface area contributed by atoms with Gasteiger partial charge in [-0.2, -0.15) is 0 Å². The average molecular weight is 679 g/mol. The van der Waals surface area contributed by atoms with Crippen molar-refractivity contribution in [2.24, 2.45) is 11.8 Å². The highest BCUT2D eigenvalue weighted by atomic mass is 35.5. The number of aromatic carboxylic acids is 1. The van der Waals surface area contributed by atoms with E-state index >= 15 is 4.39 Å². The summed E-state index contributed by atoms with van der Waals surface area (Å²) in [5, 5.41) is 31.9. The van der Waals surface area contributed by atoms with Crippen molar-refractivity contribution in [3.63, 3.8) is 0 Å². The molecule has 5 atom stereocenters. The first-order valence-electron chi connectivity index (χ1n) is 14.9. The summed E-state index contributed by atoms with van der Waals surface area (Å²) in [5.74, 6) is -4.56. The van der Waals surface area contributed by atoms with E-state index in [0.29, 0.717) is 17.9 Å². The Morgan fingerprint density at radius 3 is 2.54 bits per heavy atom. The molecule has 2 saturated heterocycles. The van der Waals surface area contributed by atoms with E-state index in [1.165, 1.54) is 29.8 Å². The van der Waals surface area contributed by atoms with Crippen LogP contribution in [0.1, 0.15) is 49.5 Å². The highest BCUT2D eigenvalue weighted by molar-refractivity contribution is 8.03. The van der Waals surface area contributed by atoms with Crippen molar-refractivity contribution in [1.82, 2.24) is 14.8 Å². The van der Waals surface area contributed by atoms with Crippen molar-refractivity contribution < 1.29 is 43.6 Å². The number of nitrogens with one attached hydrogen (secondary N) is 1. The van der Waals surface area contributed by atoms with Crippen LogP contribution in [-0.2, 0) is 14.3 Å². The van der Waals surface area contributed by atoms with E-state index in [1.807, 2.05) is 0 Å². The zero-order valence-electron chi connectivity index (χ0n) is 24.9. The molecule has 0 radical (unpaired) electrons. The number of thioether (sulfide) groups is 1. The number of β-lactam (4-membered cyclic amide) rings is 1. The third-order valence-electron chi connectivity index (χ3n) is 9.07. The molecule has 3 aliphatic heterocycles. The molecule has 1 aliphatic carbocycles. The average Bonchev–Trinajstić information content (AvgIpc) is 3.67. The number of fused-ring (bicyclic) bond motifs is 2. The molecule has 6 rings (SSSR count). The number of carbonyl (C=O) groups excluding carboxylic acids is 2. The number of carbonyl (C=O) groups is 4. The summed E-state index contributed by atoms with van der Waals surface area (Å²) in [4.78, 5) is 64.9. The molecule has 2 aromatic rings. The topological polar surface area (TPSA) is 179 Å². The largest absolute Gasteiger partial charge is 0.477 e. The fraction of sp³-hybridized carbons (Fsp3) is 0.500. The number of anilines is 1. The summed E-state index contributed by atoms with van der Waals surface area (Å²) in [7, 11) is 0. The number of aliphatic carboxylic acids is 1. The number of aliphatic hydroxyl groups excluding tert-OH is 1. The van der Waals surface area contributed by atoms with E-state index in [4.69, 9.17) is 16.3 Å². The second-order valence-corrected chi connectivity index (χ2v) is 13.6. The first-order valence-corrected chi connectivity index (χ1v) is 16.3. The number of aromatic nitrogens is 1. The van der Waals surface area contributed by atoms with E-state index in [2.05, 4.69) is 5.32 Å².